The van der Waals surface area contributed by atoms with E-state index in [0.717, 1.165) is 6.42 Å². The molecule has 16 heteroatoms. The van der Waals surface area contributed by atoms with Crippen molar-refractivity contribution in [3.05, 3.63) is 81.8 Å². The van der Waals surface area contributed by atoms with E-state index in [4.69, 9.17) is 27.9 Å². The third-order valence-corrected chi connectivity index (χ3v) is 9.15. The van der Waals surface area contributed by atoms with Crippen LogP contribution >= 0.6 is 23.2 Å². The number of amides is 2. The number of alkyl halides is 2. The smallest absolute Gasteiger partial charge is 0.388 e. The number of hydrogen-bond donors (Lipinski definition) is 5. The normalized spacial score (nSPS) is 17.2. The summed E-state index contributed by atoms with van der Waals surface area (Å²) < 4.78 is 47.0. The Bertz CT molecular complexity index is 1890. The molecule has 2 saturated heterocycles. The molecule has 2 aliphatic heterocycles. The van der Waals surface area contributed by atoms with Crippen molar-refractivity contribution in [1.82, 2.24) is 36.2 Å². The van der Waals surface area contributed by atoms with E-state index in [0.29, 0.717) is 60.3 Å². The van der Waals surface area contributed by atoms with Gasteiger partial charge in [0, 0.05) is 85.8 Å². The van der Waals surface area contributed by atoms with Crippen LogP contribution in [0.15, 0.2) is 54.9 Å². The fourth-order valence-corrected chi connectivity index (χ4v) is 6.41. The van der Waals surface area contributed by atoms with E-state index in [9.17, 15) is 18.4 Å². The molecule has 1 aromatic carbocycles. The Morgan fingerprint density at radius 2 is 1.52 bits per heavy atom. The number of rotatable bonds is 14. The van der Waals surface area contributed by atoms with Crippen molar-refractivity contribution in [3.63, 3.8) is 0 Å². The van der Waals surface area contributed by atoms with Crippen LogP contribution in [-0.2, 0) is 22.7 Å². The molecule has 50 heavy (non-hydrogen) atoms. The highest BCUT2D eigenvalue weighted by Gasteiger charge is 2.23. The predicted molar refractivity (Wildman–Crippen MR) is 183 cm³/mol. The Labute approximate surface area is 295 Å². The zero-order valence-corrected chi connectivity index (χ0v) is 28.1. The number of nitrogens with zero attached hydrogens (tertiary/aromatic N) is 3. The molecule has 262 valence electrons. The van der Waals surface area contributed by atoms with Gasteiger partial charge in [0.05, 0.1) is 27.1 Å². The molecular formula is C34H33Cl2F3N8O3. The molecule has 4 aromatic rings. The van der Waals surface area contributed by atoms with Crippen LogP contribution in [-0.4, -0.2) is 58.6 Å². The molecule has 0 spiro atoms. The summed E-state index contributed by atoms with van der Waals surface area (Å²) >= 11 is 13.7. The summed E-state index contributed by atoms with van der Waals surface area (Å²) in [6.45, 7) is -1.73. The minimum absolute atomic E-state index is 0.00905. The lowest BCUT2D eigenvalue weighted by Gasteiger charge is -2.16. The maximum absolute atomic E-state index is 15.5. The van der Waals surface area contributed by atoms with Gasteiger partial charge in [0.25, 0.3) is 0 Å². The van der Waals surface area contributed by atoms with Gasteiger partial charge in [-0.1, -0.05) is 41.4 Å². The number of benzene rings is 1. The summed E-state index contributed by atoms with van der Waals surface area (Å²) in [5.41, 5.74) is 2.48. The van der Waals surface area contributed by atoms with Crippen molar-refractivity contribution in [2.75, 3.05) is 18.4 Å². The van der Waals surface area contributed by atoms with E-state index in [1.165, 1.54) is 12.4 Å². The van der Waals surface area contributed by atoms with Gasteiger partial charge in [-0.3, -0.25) is 14.6 Å². The maximum Gasteiger partial charge on any atom is 0.388 e. The molecule has 11 nitrogen and oxygen atoms in total. The second kappa shape index (κ2) is 16.0. The highest BCUT2D eigenvalue weighted by Crippen LogP contribution is 2.41. The molecule has 5 heterocycles. The first-order chi connectivity index (χ1) is 24.2. The molecule has 2 aliphatic rings. The van der Waals surface area contributed by atoms with Crippen LogP contribution < -0.4 is 31.3 Å². The lowest BCUT2D eigenvalue weighted by molar-refractivity contribution is -0.120. The minimum Gasteiger partial charge on any atom is -0.417 e. The van der Waals surface area contributed by atoms with Gasteiger partial charge < -0.3 is 31.3 Å². The molecule has 0 radical (unpaired) electrons. The monoisotopic (exact) mass is 728 g/mol. The van der Waals surface area contributed by atoms with E-state index in [2.05, 4.69) is 41.5 Å². The second-order valence-corrected chi connectivity index (χ2v) is 12.6. The summed E-state index contributed by atoms with van der Waals surface area (Å²) in [5, 5.41) is 15.4. The van der Waals surface area contributed by atoms with E-state index < -0.39 is 12.4 Å². The lowest BCUT2D eigenvalue weighted by Crippen LogP contribution is -2.35. The van der Waals surface area contributed by atoms with Crippen LogP contribution in [0.1, 0.15) is 36.8 Å². The van der Waals surface area contributed by atoms with Gasteiger partial charge in [0.1, 0.15) is 0 Å². The number of anilines is 2. The molecule has 0 saturated carbocycles. The predicted octanol–water partition coefficient (Wildman–Crippen LogP) is 5.73. The van der Waals surface area contributed by atoms with Crippen molar-refractivity contribution >= 4 is 46.5 Å². The standard InChI is InChI=1S/C34H33Cl2F3N8O3/c35-28-23(2-1-3-25(28)46-32-30(37)18(10-12-43-32)14-40-16-20-5-8-26(48)44-20)31-29(36)22(11-13-42-31)24-7-4-19(33(47-24)50-34(38)39)15-41-17-21-6-9-27(49)45-21/h1-4,7,10-13,20-21,34,40-41H,5-6,8-9,14-17H2,(H,43,46)(H,44,48)(H,45,49)/t20-,21+/m0/s1. The van der Waals surface area contributed by atoms with E-state index in [1.54, 1.807) is 42.5 Å². The van der Waals surface area contributed by atoms with Gasteiger partial charge in [-0.15, -0.1) is 0 Å². The summed E-state index contributed by atoms with van der Waals surface area (Å²) in [5.74, 6) is -0.874. The van der Waals surface area contributed by atoms with Crippen molar-refractivity contribution in [3.8, 4) is 28.4 Å². The Morgan fingerprint density at radius 1 is 0.840 bits per heavy atom. The molecule has 2 atom stereocenters. The van der Waals surface area contributed by atoms with Crippen LogP contribution in [0.5, 0.6) is 5.88 Å². The Kier molecular flexibility index (Phi) is 11.3. The average Bonchev–Trinajstić information content (AvgIpc) is 3.71. The summed E-state index contributed by atoms with van der Waals surface area (Å²) in [6, 6.07) is 11.4. The highest BCUT2D eigenvalue weighted by atomic mass is 35.5. The van der Waals surface area contributed by atoms with Crippen LogP contribution in [0.4, 0.5) is 24.7 Å². The van der Waals surface area contributed by atoms with E-state index in [1.807, 2.05) is 0 Å². The maximum atomic E-state index is 15.5. The molecule has 0 unspecified atom stereocenters. The van der Waals surface area contributed by atoms with Gasteiger partial charge in [-0.05, 0) is 37.1 Å². The molecular weight excluding hydrogens is 696 g/mol. The number of pyridine rings is 3. The van der Waals surface area contributed by atoms with Gasteiger partial charge in [-0.25, -0.2) is 14.4 Å². The zero-order chi connectivity index (χ0) is 35.2. The molecule has 6 rings (SSSR count). The topological polar surface area (TPSA) is 142 Å². The van der Waals surface area contributed by atoms with Gasteiger partial charge in [0.2, 0.25) is 17.7 Å². The number of hydrogen-bond acceptors (Lipinski definition) is 9. The third kappa shape index (κ3) is 8.44. The van der Waals surface area contributed by atoms with Gasteiger partial charge in [-0.2, -0.15) is 8.78 Å². The quantitative estimate of drug-likeness (QED) is 0.110. The average molecular weight is 730 g/mol. The number of nitrogens with one attached hydrogen (secondary N) is 5. The highest BCUT2D eigenvalue weighted by molar-refractivity contribution is 6.39. The van der Waals surface area contributed by atoms with Gasteiger partial charge in [0.15, 0.2) is 11.6 Å². The molecule has 2 amide bonds. The largest absolute Gasteiger partial charge is 0.417 e. The Hall–Kier alpha value is -4.50. The van der Waals surface area contributed by atoms with Crippen molar-refractivity contribution < 1.29 is 27.5 Å². The van der Waals surface area contributed by atoms with Gasteiger partial charge >= 0.3 is 6.61 Å². The molecule has 3 aromatic heterocycles. The molecule has 0 aliphatic carbocycles. The summed E-state index contributed by atoms with van der Waals surface area (Å²) in [4.78, 5) is 35.9. The molecule has 2 fully saturated rings. The Morgan fingerprint density at radius 3 is 2.18 bits per heavy atom. The first-order valence-corrected chi connectivity index (χ1v) is 16.7. The lowest BCUT2D eigenvalue weighted by atomic mass is 10.1. The van der Waals surface area contributed by atoms with Crippen LogP contribution in [0.25, 0.3) is 22.5 Å². The Balaban J connectivity index is 1.19. The van der Waals surface area contributed by atoms with Crippen molar-refractivity contribution in [1.29, 1.82) is 0 Å². The van der Waals surface area contributed by atoms with Crippen LogP contribution in [0.2, 0.25) is 10.0 Å². The SMILES string of the molecule is O=C1CC[C@H](CNCc2ccc(-c3ccnc(-c4cccc(Nc5nccc(CNC[C@@H]6CCC(=O)N6)c5F)c4Cl)c3Cl)nc2OC(F)F)N1. The molecule has 0 bridgehead atoms. The van der Waals surface area contributed by atoms with Crippen molar-refractivity contribution in [2.24, 2.45) is 0 Å². The number of aromatic nitrogens is 3. The van der Waals surface area contributed by atoms with Crippen LogP contribution in [0, 0.1) is 5.82 Å². The number of carbonyl (C=O) groups is 2. The zero-order valence-electron chi connectivity index (χ0n) is 26.5. The summed E-state index contributed by atoms with van der Waals surface area (Å²) in [7, 11) is 0. The van der Waals surface area contributed by atoms with E-state index >= 15 is 4.39 Å². The fourth-order valence-electron chi connectivity index (χ4n) is 5.84. The van der Waals surface area contributed by atoms with Crippen molar-refractivity contribution in [2.45, 2.75) is 57.5 Å². The summed E-state index contributed by atoms with van der Waals surface area (Å²) in [6.07, 6.45) is 5.33. The second-order valence-electron chi connectivity index (χ2n) is 11.9. The van der Waals surface area contributed by atoms with Crippen LogP contribution in [0.3, 0.4) is 0 Å². The number of ether oxygens (including phenoxy) is 1. The molecule has 5 N–H and O–H groups in total. The minimum atomic E-state index is -3.11. The third-order valence-electron chi connectivity index (χ3n) is 8.36. The fraction of sp³-hybridized carbons (Fsp3) is 0.324. The first kappa shape index (κ1) is 35.3. The number of carbonyl (C=O) groups excluding carboxylic acids is 2. The number of halogens is 5. The van der Waals surface area contributed by atoms with E-state index in [-0.39, 0.29) is 70.1 Å². The first-order valence-electron chi connectivity index (χ1n) is 15.9.